The smallest absolute Gasteiger partial charge is 0.163 e. The van der Waals surface area contributed by atoms with Crippen molar-refractivity contribution in [1.29, 1.82) is 0 Å². The summed E-state index contributed by atoms with van der Waals surface area (Å²) in [5.74, 6) is 1.07. The van der Waals surface area contributed by atoms with E-state index in [1.165, 1.54) is 5.69 Å². The maximum Gasteiger partial charge on any atom is 0.163 e. The average molecular weight is 392 g/mol. The van der Waals surface area contributed by atoms with Crippen molar-refractivity contribution in [1.82, 2.24) is 24.6 Å². The van der Waals surface area contributed by atoms with E-state index in [1.807, 2.05) is 21.5 Å². The van der Waals surface area contributed by atoms with Crippen LogP contribution in [0.15, 0.2) is 47.3 Å². The minimum absolute atomic E-state index is 0.437. The lowest BCUT2D eigenvalue weighted by atomic mass is 10.2. The Morgan fingerprint density at radius 1 is 0.964 bits per heavy atom. The van der Waals surface area contributed by atoms with Crippen LogP contribution in [0.25, 0.3) is 28.1 Å². The van der Waals surface area contributed by atoms with E-state index in [9.17, 15) is 0 Å². The second-order valence-corrected chi connectivity index (χ2v) is 7.82. The van der Waals surface area contributed by atoms with Gasteiger partial charge in [-0.1, -0.05) is 0 Å². The first-order chi connectivity index (χ1) is 13.7. The Morgan fingerprint density at radius 2 is 1.71 bits per heavy atom. The number of hydrogen-bond acceptors (Lipinski definition) is 7. The number of hydrogen-bond donors (Lipinski definition) is 1. The van der Waals surface area contributed by atoms with Crippen molar-refractivity contribution in [2.24, 2.45) is 0 Å². The summed E-state index contributed by atoms with van der Waals surface area (Å²) >= 11 is 1.61. The van der Waals surface area contributed by atoms with Gasteiger partial charge >= 0.3 is 0 Å². The summed E-state index contributed by atoms with van der Waals surface area (Å²) in [5, 5.41) is 8.54. The van der Waals surface area contributed by atoms with E-state index in [0.29, 0.717) is 11.6 Å². The third-order valence-electron chi connectivity index (χ3n) is 5.19. The van der Waals surface area contributed by atoms with Crippen LogP contribution in [0.1, 0.15) is 0 Å². The highest BCUT2D eigenvalue weighted by atomic mass is 32.1. The number of aromatic nitrogens is 4. The lowest BCUT2D eigenvalue weighted by Crippen LogP contribution is -2.44. The average Bonchev–Trinajstić information content (AvgIpc) is 3.39. The molecule has 7 nitrogen and oxygen atoms in total. The fourth-order valence-corrected chi connectivity index (χ4v) is 4.19. The number of nitrogens with two attached hydrogens (primary N) is 1. The molecule has 0 aliphatic carbocycles. The van der Waals surface area contributed by atoms with Crippen LogP contribution in [-0.4, -0.2) is 57.9 Å². The Balaban J connectivity index is 1.48. The van der Waals surface area contributed by atoms with Crippen LogP contribution in [0.3, 0.4) is 0 Å². The van der Waals surface area contributed by atoms with Crippen molar-refractivity contribution in [2.45, 2.75) is 0 Å². The molecule has 1 aromatic carbocycles. The minimum atomic E-state index is 0.437. The molecule has 28 heavy (non-hydrogen) atoms. The third-order valence-corrected chi connectivity index (χ3v) is 5.87. The van der Waals surface area contributed by atoms with Crippen molar-refractivity contribution in [3.8, 4) is 17.1 Å². The van der Waals surface area contributed by atoms with Gasteiger partial charge in [-0.2, -0.15) is 16.4 Å². The van der Waals surface area contributed by atoms with Crippen molar-refractivity contribution in [3.63, 3.8) is 0 Å². The first-order valence-electron chi connectivity index (χ1n) is 9.27. The summed E-state index contributed by atoms with van der Waals surface area (Å²) in [6.45, 7) is 4.27. The van der Waals surface area contributed by atoms with Crippen LogP contribution >= 0.6 is 11.3 Å². The van der Waals surface area contributed by atoms with E-state index in [1.54, 1.807) is 17.5 Å². The van der Waals surface area contributed by atoms with Gasteiger partial charge in [0.1, 0.15) is 11.0 Å². The summed E-state index contributed by atoms with van der Waals surface area (Å²) < 4.78 is 1.82. The summed E-state index contributed by atoms with van der Waals surface area (Å²) in [5.41, 5.74) is 10.9. The number of benzene rings is 1. The fraction of sp³-hybridized carbons (Fsp3) is 0.250. The first-order valence-corrected chi connectivity index (χ1v) is 10.2. The molecule has 0 unspecified atom stereocenters. The van der Waals surface area contributed by atoms with Gasteiger partial charge in [0.05, 0.1) is 11.9 Å². The normalized spacial score (nSPS) is 15.4. The van der Waals surface area contributed by atoms with Gasteiger partial charge in [-0.3, -0.25) is 0 Å². The Bertz CT molecular complexity index is 1090. The zero-order valence-corrected chi connectivity index (χ0v) is 16.4. The van der Waals surface area contributed by atoms with Crippen molar-refractivity contribution in [2.75, 3.05) is 43.9 Å². The molecule has 1 aliphatic heterocycles. The molecule has 1 saturated heterocycles. The van der Waals surface area contributed by atoms with Crippen molar-refractivity contribution in [3.05, 3.63) is 47.3 Å². The number of piperazine rings is 1. The Labute approximate surface area is 167 Å². The lowest BCUT2D eigenvalue weighted by molar-refractivity contribution is 0.313. The fourth-order valence-electron chi connectivity index (χ4n) is 3.55. The van der Waals surface area contributed by atoms with Gasteiger partial charge in [0.2, 0.25) is 0 Å². The van der Waals surface area contributed by atoms with Crippen LogP contribution in [-0.2, 0) is 0 Å². The quantitative estimate of drug-likeness (QED) is 0.579. The van der Waals surface area contributed by atoms with Crippen LogP contribution in [0, 0.1) is 0 Å². The summed E-state index contributed by atoms with van der Waals surface area (Å²) in [6.07, 6.45) is 1.75. The highest BCUT2D eigenvalue weighted by Gasteiger charge is 2.16. The Morgan fingerprint density at radius 3 is 2.43 bits per heavy atom. The molecule has 4 heterocycles. The second-order valence-electron chi connectivity index (χ2n) is 7.04. The van der Waals surface area contributed by atoms with Crippen LogP contribution < -0.4 is 10.6 Å². The molecule has 3 aromatic heterocycles. The second kappa shape index (κ2) is 6.88. The number of rotatable bonds is 3. The van der Waals surface area contributed by atoms with Crippen LogP contribution in [0.5, 0.6) is 0 Å². The number of thiophene rings is 1. The zero-order chi connectivity index (χ0) is 19.1. The van der Waals surface area contributed by atoms with E-state index in [0.717, 1.165) is 48.5 Å². The molecule has 4 aromatic rings. The number of nitrogen functional groups attached to an aromatic ring is 1. The monoisotopic (exact) mass is 391 g/mol. The van der Waals surface area contributed by atoms with Gasteiger partial charge in [-0.25, -0.2) is 14.6 Å². The molecule has 142 valence electrons. The molecular formula is C20H21N7S. The SMILES string of the molecule is CN1CCN(c2ccc(-n3ncc4nc(-c5ccsc5)nc(N)c43)cc2)CC1. The predicted octanol–water partition coefficient (Wildman–Crippen LogP) is 2.88. The Kier molecular flexibility index (Phi) is 4.22. The first kappa shape index (κ1) is 17.2. The molecule has 0 radical (unpaired) electrons. The van der Waals surface area contributed by atoms with Crippen molar-refractivity contribution < 1.29 is 0 Å². The largest absolute Gasteiger partial charge is 0.382 e. The molecule has 1 aliphatic rings. The van der Waals surface area contributed by atoms with E-state index >= 15 is 0 Å². The molecule has 5 rings (SSSR count). The van der Waals surface area contributed by atoms with Gasteiger partial charge in [0.15, 0.2) is 11.6 Å². The lowest BCUT2D eigenvalue weighted by Gasteiger charge is -2.34. The predicted molar refractivity (Wildman–Crippen MR) is 114 cm³/mol. The van der Waals surface area contributed by atoms with Gasteiger partial charge in [-0.15, -0.1) is 0 Å². The summed E-state index contributed by atoms with van der Waals surface area (Å²) in [4.78, 5) is 13.9. The maximum absolute atomic E-state index is 6.28. The molecule has 2 N–H and O–H groups in total. The number of anilines is 2. The van der Waals surface area contributed by atoms with Crippen LogP contribution in [0.2, 0.25) is 0 Å². The molecular weight excluding hydrogens is 370 g/mol. The number of fused-ring (bicyclic) bond motifs is 1. The molecule has 0 spiro atoms. The van der Waals surface area contributed by atoms with Crippen LogP contribution in [0.4, 0.5) is 11.5 Å². The topological polar surface area (TPSA) is 76.1 Å². The minimum Gasteiger partial charge on any atom is -0.382 e. The Hall–Kier alpha value is -2.97. The van der Waals surface area contributed by atoms with E-state index in [2.05, 4.69) is 56.2 Å². The standard InChI is InChI=1S/C20H21N7S/c1-25-7-9-26(10-8-25)15-2-4-16(5-3-15)27-18-17(12-22-27)23-20(24-19(18)21)14-6-11-28-13-14/h2-6,11-13H,7-10H2,1H3,(H2,21,23,24). The molecule has 1 fully saturated rings. The van der Waals surface area contributed by atoms with E-state index in [-0.39, 0.29) is 0 Å². The molecule has 0 amide bonds. The number of likely N-dealkylation sites (N-methyl/N-ethyl adjacent to an activating group) is 1. The molecule has 8 heteroatoms. The molecule has 0 saturated carbocycles. The molecule has 0 atom stereocenters. The van der Waals surface area contributed by atoms with Gasteiger partial charge in [-0.05, 0) is 42.8 Å². The third kappa shape index (κ3) is 3.00. The van der Waals surface area contributed by atoms with E-state index in [4.69, 9.17) is 5.73 Å². The highest BCUT2D eigenvalue weighted by molar-refractivity contribution is 7.08. The zero-order valence-electron chi connectivity index (χ0n) is 15.6. The maximum atomic E-state index is 6.28. The number of nitrogens with zero attached hydrogens (tertiary/aromatic N) is 6. The van der Waals surface area contributed by atoms with Gasteiger partial charge < -0.3 is 15.5 Å². The summed E-state index contributed by atoms with van der Waals surface area (Å²) in [6, 6.07) is 10.4. The van der Waals surface area contributed by atoms with Gasteiger partial charge in [0.25, 0.3) is 0 Å². The van der Waals surface area contributed by atoms with E-state index < -0.39 is 0 Å². The van der Waals surface area contributed by atoms with Gasteiger partial charge in [0, 0.05) is 42.8 Å². The highest BCUT2D eigenvalue weighted by Crippen LogP contribution is 2.27. The molecule has 0 bridgehead atoms. The van der Waals surface area contributed by atoms with Crippen molar-refractivity contribution >= 4 is 33.9 Å². The summed E-state index contributed by atoms with van der Waals surface area (Å²) in [7, 11) is 2.17.